The van der Waals surface area contributed by atoms with Crippen molar-refractivity contribution in [3.63, 3.8) is 0 Å². The molecule has 0 unspecified atom stereocenters. The van der Waals surface area contributed by atoms with Crippen molar-refractivity contribution in [1.29, 1.82) is 0 Å². The van der Waals surface area contributed by atoms with Crippen molar-refractivity contribution >= 4 is 16.5 Å². The van der Waals surface area contributed by atoms with Gasteiger partial charge in [-0.1, -0.05) is 18.3 Å². The Morgan fingerprint density at radius 1 is 1.38 bits per heavy atom. The Hall–Kier alpha value is -0.680. The van der Waals surface area contributed by atoms with E-state index in [1.807, 2.05) is 6.92 Å². The van der Waals surface area contributed by atoms with Gasteiger partial charge in [0, 0.05) is 19.6 Å². The zero-order chi connectivity index (χ0) is 9.68. The van der Waals surface area contributed by atoms with Gasteiger partial charge in [-0.2, -0.15) is 0 Å². The van der Waals surface area contributed by atoms with Crippen LogP contribution in [0.15, 0.2) is 0 Å². The van der Waals surface area contributed by atoms with Crippen LogP contribution in [0.4, 0.5) is 5.13 Å². The molecule has 1 aromatic heterocycles. The van der Waals surface area contributed by atoms with Gasteiger partial charge >= 0.3 is 0 Å². The fourth-order valence-corrected chi connectivity index (χ4v) is 1.88. The fraction of sp³-hybridized carbons (Fsp3) is 0.750. The van der Waals surface area contributed by atoms with E-state index in [2.05, 4.69) is 22.0 Å². The highest BCUT2D eigenvalue weighted by molar-refractivity contribution is 7.15. The normalized spacial score (nSPS) is 10.4. The molecule has 5 heteroatoms. The van der Waals surface area contributed by atoms with Gasteiger partial charge in [0.2, 0.25) is 5.13 Å². The van der Waals surface area contributed by atoms with Gasteiger partial charge < -0.3 is 10.6 Å². The van der Waals surface area contributed by atoms with E-state index >= 15 is 0 Å². The number of nitrogens with zero attached hydrogens (tertiary/aromatic N) is 3. The number of rotatable bonds is 5. The highest BCUT2D eigenvalue weighted by atomic mass is 32.1. The van der Waals surface area contributed by atoms with Gasteiger partial charge in [0.05, 0.1) is 0 Å². The van der Waals surface area contributed by atoms with Crippen LogP contribution in [0, 0.1) is 6.92 Å². The first-order valence-corrected chi connectivity index (χ1v) is 5.34. The molecule has 4 nitrogen and oxygen atoms in total. The molecule has 0 spiro atoms. The summed E-state index contributed by atoms with van der Waals surface area (Å²) in [5, 5.41) is 10.1. The van der Waals surface area contributed by atoms with Gasteiger partial charge in [-0.15, -0.1) is 10.2 Å². The molecule has 1 rings (SSSR count). The van der Waals surface area contributed by atoms with E-state index < -0.39 is 0 Å². The lowest BCUT2D eigenvalue weighted by Crippen LogP contribution is -2.29. The molecule has 74 valence electrons. The van der Waals surface area contributed by atoms with E-state index in [9.17, 15) is 0 Å². The van der Waals surface area contributed by atoms with E-state index in [0.29, 0.717) is 6.54 Å². The summed E-state index contributed by atoms with van der Waals surface area (Å²) in [6.07, 6.45) is 1.11. The second kappa shape index (κ2) is 5.14. The lowest BCUT2D eigenvalue weighted by molar-refractivity contribution is 0.753. The third-order valence-electron chi connectivity index (χ3n) is 1.68. The molecule has 0 saturated carbocycles. The Kier molecular flexibility index (Phi) is 4.11. The number of anilines is 1. The molecule has 0 aromatic carbocycles. The van der Waals surface area contributed by atoms with Gasteiger partial charge in [-0.25, -0.2) is 0 Å². The molecule has 0 amide bonds. The van der Waals surface area contributed by atoms with Crippen LogP contribution in [0.2, 0.25) is 0 Å². The Morgan fingerprint density at radius 2 is 2.15 bits per heavy atom. The molecule has 2 N–H and O–H groups in total. The molecule has 0 aliphatic rings. The summed E-state index contributed by atoms with van der Waals surface area (Å²) in [5.74, 6) is 0. The van der Waals surface area contributed by atoms with Gasteiger partial charge in [0.15, 0.2) is 0 Å². The minimum absolute atomic E-state index is 0.665. The van der Waals surface area contributed by atoms with E-state index in [-0.39, 0.29) is 0 Å². The third-order valence-corrected chi connectivity index (χ3v) is 2.58. The van der Waals surface area contributed by atoms with E-state index in [4.69, 9.17) is 5.73 Å². The largest absolute Gasteiger partial charge is 0.345 e. The van der Waals surface area contributed by atoms with Crippen molar-refractivity contribution in [2.24, 2.45) is 5.73 Å². The number of aromatic nitrogens is 2. The van der Waals surface area contributed by atoms with E-state index in [1.165, 1.54) is 0 Å². The lowest BCUT2D eigenvalue weighted by atomic mass is 10.4. The van der Waals surface area contributed by atoms with Crippen molar-refractivity contribution in [1.82, 2.24) is 10.2 Å². The Morgan fingerprint density at radius 3 is 2.62 bits per heavy atom. The number of nitrogens with two attached hydrogens (primary N) is 1. The average Bonchev–Trinajstić information content (AvgIpc) is 2.51. The van der Waals surface area contributed by atoms with Crippen LogP contribution in [0.3, 0.4) is 0 Å². The van der Waals surface area contributed by atoms with Crippen LogP contribution in [-0.4, -0.2) is 29.8 Å². The van der Waals surface area contributed by atoms with Crippen LogP contribution >= 0.6 is 11.3 Å². The van der Waals surface area contributed by atoms with Gasteiger partial charge in [0.1, 0.15) is 5.01 Å². The Bertz CT molecular complexity index is 242. The van der Waals surface area contributed by atoms with Gasteiger partial charge in [-0.3, -0.25) is 0 Å². The summed E-state index contributed by atoms with van der Waals surface area (Å²) in [5.41, 5.74) is 5.52. The first-order chi connectivity index (χ1) is 6.27. The average molecular weight is 200 g/mol. The molecule has 0 aliphatic carbocycles. The SMILES string of the molecule is CCCN(CCN)c1nnc(C)s1. The summed E-state index contributed by atoms with van der Waals surface area (Å²) >= 11 is 1.62. The monoisotopic (exact) mass is 200 g/mol. The number of hydrogen-bond acceptors (Lipinski definition) is 5. The molecule has 0 radical (unpaired) electrons. The molecule has 0 fully saturated rings. The van der Waals surface area contributed by atoms with Crippen LogP contribution in [0.1, 0.15) is 18.4 Å². The maximum Gasteiger partial charge on any atom is 0.208 e. The summed E-state index contributed by atoms with van der Waals surface area (Å²) in [7, 11) is 0. The standard InChI is InChI=1S/C8H16N4S/c1-3-5-12(6-4-9)8-11-10-7(2)13-8/h3-6,9H2,1-2H3. The first-order valence-electron chi connectivity index (χ1n) is 4.53. The molecule has 0 atom stereocenters. The quantitative estimate of drug-likeness (QED) is 0.771. The van der Waals surface area contributed by atoms with E-state index in [0.717, 1.165) is 29.6 Å². The van der Waals surface area contributed by atoms with Gasteiger partial charge in [-0.05, 0) is 13.3 Å². The van der Waals surface area contributed by atoms with Gasteiger partial charge in [0.25, 0.3) is 0 Å². The molecule has 0 saturated heterocycles. The lowest BCUT2D eigenvalue weighted by Gasteiger charge is -2.18. The minimum Gasteiger partial charge on any atom is -0.345 e. The van der Waals surface area contributed by atoms with Crippen LogP contribution in [-0.2, 0) is 0 Å². The van der Waals surface area contributed by atoms with Crippen molar-refractivity contribution < 1.29 is 0 Å². The number of hydrogen-bond donors (Lipinski definition) is 1. The highest BCUT2D eigenvalue weighted by Gasteiger charge is 2.08. The summed E-state index contributed by atoms with van der Waals surface area (Å²) in [6.45, 7) is 6.65. The molecular weight excluding hydrogens is 184 g/mol. The highest BCUT2D eigenvalue weighted by Crippen LogP contribution is 2.18. The van der Waals surface area contributed by atoms with Crippen molar-refractivity contribution in [3.8, 4) is 0 Å². The summed E-state index contributed by atoms with van der Waals surface area (Å²) in [6, 6.07) is 0. The Labute approximate surface area is 82.8 Å². The molecule has 13 heavy (non-hydrogen) atoms. The summed E-state index contributed by atoms with van der Waals surface area (Å²) < 4.78 is 0. The summed E-state index contributed by atoms with van der Waals surface area (Å²) in [4.78, 5) is 2.19. The van der Waals surface area contributed by atoms with Crippen LogP contribution in [0.25, 0.3) is 0 Å². The van der Waals surface area contributed by atoms with Crippen molar-refractivity contribution in [2.45, 2.75) is 20.3 Å². The first kappa shape index (κ1) is 10.4. The number of aryl methyl sites for hydroxylation is 1. The predicted molar refractivity (Wildman–Crippen MR) is 56.2 cm³/mol. The second-order valence-corrected chi connectivity index (χ2v) is 4.04. The second-order valence-electron chi connectivity index (χ2n) is 2.88. The smallest absolute Gasteiger partial charge is 0.208 e. The Balaban J connectivity index is 2.63. The molecule has 0 aliphatic heterocycles. The van der Waals surface area contributed by atoms with Crippen molar-refractivity contribution in [3.05, 3.63) is 5.01 Å². The van der Waals surface area contributed by atoms with Crippen LogP contribution < -0.4 is 10.6 Å². The molecule has 1 aromatic rings. The predicted octanol–water partition coefficient (Wildman–Crippen LogP) is 1.02. The topological polar surface area (TPSA) is 55.0 Å². The fourth-order valence-electron chi connectivity index (χ4n) is 1.14. The zero-order valence-electron chi connectivity index (χ0n) is 8.16. The minimum atomic E-state index is 0.665. The molecule has 0 bridgehead atoms. The maximum atomic E-state index is 5.52. The molecular formula is C8H16N4S. The van der Waals surface area contributed by atoms with E-state index in [1.54, 1.807) is 11.3 Å². The third kappa shape index (κ3) is 2.93. The van der Waals surface area contributed by atoms with Crippen molar-refractivity contribution in [2.75, 3.05) is 24.5 Å². The van der Waals surface area contributed by atoms with Crippen LogP contribution in [0.5, 0.6) is 0 Å². The molecule has 1 heterocycles. The zero-order valence-corrected chi connectivity index (χ0v) is 8.97. The maximum absolute atomic E-state index is 5.52.